The van der Waals surface area contributed by atoms with Gasteiger partial charge in [0.2, 0.25) is 0 Å². The van der Waals surface area contributed by atoms with Crippen LogP contribution < -0.4 is 11.3 Å². The number of hydrogen-bond donors (Lipinski definition) is 2. The highest BCUT2D eigenvalue weighted by molar-refractivity contribution is 6.31. The Morgan fingerprint density at radius 3 is 2.55 bits per heavy atom. The molecule has 3 aromatic rings. The lowest BCUT2D eigenvalue weighted by Crippen LogP contribution is -2.28. The third kappa shape index (κ3) is 2.41. The van der Waals surface area contributed by atoms with E-state index in [-0.39, 0.29) is 11.9 Å². The van der Waals surface area contributed by atoms with Crippen LogP contribution >= 0.6 is 11.6 Å². The van der Waals surface area contributed by atoms with E-state index in [1.807, 2.05) is 12.1 Å². The van der Waals surface area contributed by atoms with Crippen LogP contribution in [0, 0.1) is 5.82 Å². The van der Waals surface area contributed by atoms with E-state index in [0.717, 1.165) is 16.5 Å². The number of halogens is 2. The summed E-state index contributed by atoms with van der Waals surface area (Å²) in [7, 11) is 0. The van der Waals surface area contributed by atoms with E-state index >= 15 is 0 Å². The molecule has 5 heteroatoms. The van der Waals surface area contributed by atoms with Gasteiger partial charge < -0.3 is 4.42 Å². The largest absolute Gasteiger partial charge is 0.459 e. The van der Waals surface area contributed by atoms with Gasteiger partial charge in [-0.05, 0) is 42.0 Å². The molecule has 0 bridgehead atoms. The molecule has 0 aliphatic heterocycles. The summed E-state index contributed by atoms with van der Waals surface area (Å²) in [5.74, 6) is 5.96. The molecule has 0 saturated carbocycles. The molecule has 3 N–H and O–H groups in total. The number of nitrogens with one attached hydrogen (secondary N) is 1. The first-order valence-electron chi connectivity index (χ1n) is 6.08. The van der Waals surface area contributed by atoms with Gasteiger partial charge in [-0.2, -0.15) is 0 Å². The number of hydrogen-bond acceptors (Lipinski definition) is 3. The number of fused-ring (bicyclic) bond motifs is 1. The summed E-state index contributed by atoms with van der Waals surface area (Å²) in [4.78, 5) is 0. The maximum atomic E-state index is 13.0. The van der Waals surface area contributed by atoms with E-state index in [9.17, 15) is 4.39 Å². The molecule has 1 heterocycles. The van der Waals surface area contributed by atoms with Crippen LogP contribution in [0.1, 0.15) is 17.4 Å². The van der Waals surface area contributed by atoms with Crippen LogP contribution in [0.4, 0.5) is 4.39 Å². The molecule has 0 radical (unpaired) electrons. The van der Waals surface area contributed by atoms with Crippen molar-refractivity contribution < 1.29 is 8.81 Å². The Morgan fingerprint density at radius 1 is 1.10 bits per heavy atom. The first-order chi connectivity index (χ1) is 9.67. The minimum Gasteiger partial charge on any atom is -0.459 e. The molecule has 0 saturated heterocycles. The fourth-order valence-electron chi connectivity index (χ4n) is 2.17. The van der Waals surface area contributed by atoms with Crippen molar-refractivity contribution in [2.24, 2.45) is 5.84 Å². The van der Waals surface area contributed by atoms with Crippen molar-refractivity contribution in [1.82, 2.24) is 5.43 Å². The van der Waals surface area contributed by atoms with Crippen molar-refractivity contribution in [2.45, 2.75) is 6.04 Å². The van der Waals surface area contributed by atoms with Crippen LogP contribution in [0.25, 0.3) is 11.0 Å². The average Bonchev–Trinajstić information content (AvgIpc) is 2.84. The zero-order valence-corrected chi connectivity index (χ0v) is 11.2. The minimum absolute atomic E-state index is 0.291. The molecule has 0 fully saturated rings. The van der Waals surface area contributed by atoms with Crippen LogP contribution in [0.2, 0.25) is 5.02 Å². The normalized spacial score (nSPS) is 12.8. The highest BCUT2D eigenvalue weighted by Crippen LogP contribution is 2.29. The highest BCUT2D eigenvalue weighted by atomic mass is 35.5. The molecular formula is C15H12ClFN2O. The third-order valence-corrected chi connectivity index (χ3v) is 3.39. The topological polar surface area (TPSA) is 51.2 Å². The smallest absolute Gasteiger partial charge is 0.134 e. The SMILES string of the molecule is NNC(c1ccc(F)cc1)c1cc2cc(Cl)ccc2o1. The standard InChI is InChI=1S/C15H12ClFN2O/c16-11-3-6-13-10(7-11)8-14(20-13)15(19-18)9-1-4-12(17)5-2-9/h1-8,15,19H,18H2. The van der Waals surface area contributed by atoms with Crippen molar-refractivity contribution in [3.05, 3.63) is 70.7 Å². The first kappa shape index (κ1) is 13.1. The molecule has 0 amide bonds. The molecule has 1 aromatic heterocycles. The maximum absolute atomic E-state index is 13.0. The van der Waals surface area contributed by atoms with E-state index in [2.05, 4.69) is 5.43 Å². The Morgan fingerprint density at radius 2 is 1.85 bits per heavy atom. The van der Waals surface area contributed by atoms with Gasteiger partial charge in [0.15, 0.2) is 0 Å². The van der Waals surface area contributed by atoms with Crippen LogP contribution in [-0.4, -0.2) is 0 Å². The van der Waals surface area contributed by atoms with Gasteiger partial charge >= 0.3 is 0 Å². The van der Waals surface area contributed by atoms with Crippen molar-refractivity contribution in [2.75, 3.05) is 0 Å². The predicted octanol–water partition coefficient (Wildman–Crippen LogP) is 3.78. The molecule has 3 rings (SSSR count). The number of rotatable bonds is 3. The molecule has 0 aliphatic rings. The molecule has 0 aliphatic carbocycles. The summed E-state index contributed by atoms with van der Waals surface area (Å²) in [5.41, 5.74) is 4.23. The Labute approximate surface area is 120 Å². The quantitative estimate of drug-likeness (QED) is 0.570. The lowest BCUT2D eigenvalue weighted by molar-refractivity contribution is 0.476. The van der Waals surface area contributed by atoms with Gasteiger partial charge in [-0.15, -0.1) is 0 Å². The zero-order valence-electron chi connectivity index (χ0n) is 10.4. The summed E-state index contributed by atoms with van der Waals surface area (Å²) in [6.07, 6.45) is 0. The fourth-order valence-corrected chi connectivity index (χ4v) is 2.36. The van der Waals surface area contributed by atoms with Crippen LogP contribution in [0.15, 0.2) is 52.9 Å². The van der Waals surface area contributed by atoms with E-state index in [1.54, 1.807) is 24.3 Å². The van der Waals surface area contributed by atoms with Gasteiger partial charge in [-0.1, -0.05) is 23.7 Å². The Bertz CT molecular complexity index is 739. The number of benzene rings is 2. The molecule has 1 atom stereocenters. The number of nitrogens with two attached hydrogens (primary N) is 1. The summed E-state index contributed by atoms with van der Waals surface area (Å²) < 4.78 is 18.7. The van der Waals surface area contributed by atoms with Gasteiger partial charge in [0.05, 0.1) is 0 Å². The fraction of sp³-hybridized carbons (Fsp3) is 0.0667. The van der Waals surface area contributed by atoms with E-state index in [0.29, 0.717) is 10.8 Å². The van der Waals surface area contributed by atoms with Gasteiger partial charge in [-0.3, -0.25) is 5.84 Å². The van der Waals surface area contributed by atoms with Crippen LogP contribution in [-0.2, 0) is 0 Å². The number of furan rings is 1. The van der Waals surface area contributed by atoms with Crippen LogP contribution in [0.3, 0.4) is 0 Å². The first-order valence-corrected chi connectivity index (χ1v) is 6.46. The van der Waals surface area contributed by atoms with Crippen molar-refractivity contribution in [3.63, 3.8) is 0 Å². The minimum atomic E-state index is -0.346. The monoisotopic (exact) mass is 290 g/mol. The second kappa shape index (κ2) is 5.25. The summed E-state index contributed by atoms with van der Waals surface area (Å²) >= 11 is 5.95. The zero-order chi connectivity index (χ0) is 14.1. The second-order valence-corrected chi connectivity index (χ2v) is 4.92. The van der Waals surface area contributed by atoms with Gasteiger partial charge in [-0.25, -0.2) is 9.82 Å². The van der Waals surface area contributed by atoms with Gasteiger partial charge in [0.1, 0.15) is 23.2 Å². The van der Waals surface area contributed by atoms with Crippen molar-refractivity contribution in [1.29, 1.82) is 0 Å². The van der Waals surface area contributed by atoms with E-state index in [1.165, 1.54) is 12.1 Å². The Hall–Kier alpha value is -1.88. The maximum Gasteiger partial charge on any atom is 0.134 e. The lowest BCUT2D eigenvalue weighted by Gasteiger charge is -2.13. The lowest BCUT2D eigenvalue weighted by atomic mass is 10.0. The average molecular weight is 291 g/mol. The molecule has 1 unspecified atom stereocenters. The van der Waals surface area contributed by atoms with Gasteiger partial charge in [0, 0.05) is 10.4 Å². The van der Waals surface area contributed by atoms with Crippen molar-refractivity contribution >= 4 is 22.6 Å². The van der Waals surface area contributed by atoms with E-state index < -0.39 is 0 Å². The Balaban J connectivity index is 2.04. The van der Waals surface area contributed by atoms with Crippen LogP contribution in [0.5, 0.6) is 0 Å². The van der Waals surface area contributed by atoms with E-state index in [4.69, 9.17) is 21.9 Å². The molecule has 0 spiro atoms. The Kier molecular flexibility index (Phi) is 3.44. The summed E-state index contributed by atoms with van der Waals surface area (Å²) in [6.45, 7) is 0. The number of hydrazine groups is 1. The van der Waals surface area contributed by atoms with Gasteiger partial charge in [0.25, 0.3) is 0 Å². The molecule has 20 heavy (non-hydrogen) atoms. The molecular weight excluding hydrogens is 279 g/mol. The molecule has 2 aromatic carbocycles. The molecule has 102 valence electrons. The second-order valence-electron chi connectivity index (χ2n) is 4.48. The highest BCUT2D eigenvalue weighted by Gasteiger charge is 2.17. The molecule has 3 nitrogen and oxygen atoms in total. The van der Waals surface area contributed by atoms with Crippen molar-refractivity contribution in [3.8, 4) is 0 Å². The summed E-state index contributed by atoms with van der Waals surface area (Å²) in [5, 5.41) is 1.54. The third-order valence-electron chi connectivity index (χ3n) is 3.15. The predicted molar refractivity (Wildman–Crippen MR) is 76.8 cm³/mol. The summed E-state index contributed by atoms with van der Waals surface area (Å²) in [6, 6.07) is 13.0.